The van der Waals surface area contributed by atoms with Gasteiger partial charge in [0.2, 0.25) is 0 Å². The van der Waals surface area contributed by atoms with Crippen molar-refractivity contribution in [2.75, 3.05) is 14.2 Å². The maximum atomic E-state index is 12.4. The molecule has 0 atom stereocenters. The van der Waals surface area contributed by atoms with Gasteiger partial charge < -0.3 is 9.47 Å². The van der Waals surface area contributed by atoms with Gasteiger partial charge in [0.05, 0.1) is 14.2 Å². The third-order valence-corrected chi connectivity index (χ3v) is 3.48. The lowest BCUT2D eigenvalue weighted by Crippen LogP contribution is -2.08. The fourth-order valence-electron chi connectivity index (χ4n) is 2.30. The zero-order valence-electron chi connectivity index (χ0n) is 12.9. The van der Waals surface area contributed by atoms with Crippen LogP contribution in [0.15, 0.2) is 42.5 Å². The summed E-state index contributed by atoms with van der Waals surface area (Å²) in [6.07, 6.45) is 0.221. The topological polar surface area (TPSA) is 52.6 Å². The standard InChI is InChI=1S/C18H18O4/c1-12-6-4-5-7-14(12)16(19)11-13-8-9-17(21-2)15(10-13)18(20)22-3/h4-10H,11H2,1-3H3. The number of carbonyl (C=O) groups excluding carboxylic acids is 2. The second-order valence-corrected chi connectivity index (χ2v) is 4.94. The normalized spacial score (nSPS) is 10.1. The third-order valence-electron chi connectivity index (χ3n) is 3.48. The van der Waals surface area contributed by atoms with E-state index >= 15 is 0 Å². The molecule has 0 fully saturated rings. The fourth-order valence-corrected chi connectivity index (χ4v) is 2.30. The van der Waals surface area contributed by atoms with Crippen LogP contribution in [-0.4, -0.2) is 26.0 Å². The number of hydrogen-bond acceptors (Lipinski definition) is 4. The number of aryl methyl sites for hydroxylation is 1. The smallest absolute Gasteiger partial charge is 0.341 e. The molecular weight excluding hydrogens is 280 g/mol. The van der Waals surface area contributed by atoms with Gasteiger partial charge in [-0.3, -0.25) is 4.79 Å². The Balaban J connectivity index is 2.29. The van der Waals surface area contributed by atoms with Crippen molar-refractivity contribution in [1.82, 2.24) is 0 Å². The van der Waals surface area contributed by atoms with E-state index in [4.69, 9.17) is 9.47 Å². The van der Waals surface area contributed by atoms with E-state index in [1.165, 1.54) is 14.2 Å². The quantitative estimate of drug-likeness (QED) is 0.628. The van der Waals surface area contributed by atoms with Crippen molar-refractivity contribution in [3.05, 3.63) is 64.7 Å². The summed E-state index contributed by atoms with van der Waals surface area (Å²) in [6.45, 7) is 1.90. The van der Waals surface area contributed by atoms with Crippen molar-refractivity contribution in [1.29, 1.82) is 0 Å². The van der Waals surface area contributed by atoms with E-state index in [-0.39, 0.29) is 12.2 Å². The number of rotatable bonds is 5. The Morgan fingerprint density at radius 3 is 2.36 bits per heavy atom. The molecule has 0 bridgehead atoms. The van der Waals surface area contributed by atoms with Crippen LogP contribution in [0.5, 0.6) is 5.75 Å². The van der Waals surface area contributed by atoms with Crippen LogP contribution >= 0.6 is 0 Å². The molecule has 22 heavy (non-hydrogen) atoms. The molecule has 0 aromatic heterocycles. The number of ether oxygens (including phenoxy) is 2. The first kappa shape index (κ1) is 15.8. The van der Waals surface area contributed by atoms with Gasteiger partial charge in [0, 0.05) is 12.0 Å². The molecule has 0 heterocycles. The van der Waals surface area contributed by atoms with Gasteiger partial charge in [0.15, 0.2) is 5.78 Å². The highest BCUT2D eigenvalue weighted by atomic mass is 16.5. The van der Waals surface area contributed by atoms with Gasteiger partial charge in [-0.05, 0) is 30.2 Å². The minimum atomic E-state index is -0.484. The van der Waals surface area contributed by atoms with E-state index in [0.717, 1.165) is 11.1 Å². The molecule has 2 aromatic carbocycles. The number of ketones is 1. The maximum Gasteiger partial charge on any atom is 0.341 e. The summed E-state index contributed by atoms with van der Waals surface area (Å²) in [5.41, 5.74) is 2.70. The van der Waals surface area contributed by atoms with E-state index in [1.54, 1.807) is 18.2 Å². The molecule has 0 spiro atoms. The molecule has 0 aliphatic rings. The first-order valence-electron chi connectivity index (χ1n) is 6.91. The van der Waals surface area contributed by atoms with Crippen LogP contribution in [0, 0.1) is 6.92 Å². The first-order chi connectivity index (χ1) is 10.6. The summed E-state index contributed by atoms with van der Waals surface area (Å²) >= 11 is 0. The van der Waals surface area contributed by atoms with E-state index < -0.39 is 5.97 Å². The minimum Gasteiger partial charge on any atom is -0.496 e. The van der Waals surface area contributed by atoms with Crippen LogP contribution < -0.4 is 4.74 Å². The average Bonchev–Trinajstić information content (AvgIpc) is 2.54. The van der Waals surface area contributed by atoms with Crippen molar-refractivity contribution in [3.8, 4) is 5.75 Å². The van der Waals surface area contributed by atoms with Crippen molar-refractivity contribution in [2.24, 2.45) is 0 Å². The molecule has 4 nitrogen and oxygen atoms in total. The van der Waals surface area contributed by atoms with Gasteiger partial charge in [-0.1, -0.05) is 30.3 Å². The van der Waals surface area contributed by atoms with Crippen LogP contribution in [-0.2, 0) is 11.2 Å². The largest absolute Gasteiger partial charge is 0.496 e. The Kier molecular flexibility index (Phi) is 4.94. The molecule has 0 saturated carbocycles. The van der Waals surface area contributed by atoms with E-state index in [1.807, 2.05) is 31.2 Å². The predicted molar refractivity (Wildman–Crippen MR) is 83.5 cm³/mol. The molecule has 2 aromatic rings. The van der Waals surface area contributed by atoms with Gasteiger partial charge in [-0.15, -0.1) is 0 Å². The Morgan fingerprint density at radius 2 is 1.73 bits per heavy atom. The number of hydrogen-bond donors (Lipinski definition) is 0. The van der Waals surface area contributed by atoms with Crippen LogP contribution in [0.2, 0.25) is 0 Å². The predicted octanol–water partition coefficient (Wildman–Crippen LogP) is 3.22. The second kappa shape index (κ2) is 6.89. The van der Waals surface area contributed by atoms with Gasteiger partial charge in [-0.25, -0.2) is 4.79 Å². The van der Waals surface area contributed by atoms with Crippen LogP contribution in [0.3, 0.4) is 0 Å². The summed E-state index contributed by atoms with van der Waals surface area (Å²) in [5, 5.41) is 0. The molecular formula is C18H18O4. The SMILES string of the molecule is COC(=O)c1cc(CC(=O)c2ccccc2C)ccc1OC. The second-order valence-electron chi connectivity index (χ2n) is 4.94. The molecule has 0 N–H and O–H groups in total. The molecule has 0 aliphatic heterocycles. The Labute approximate surface area is 129 Å². The first-order valence-corrected chi connectivity index (χ1v) is 6.91. The van der Waals surface area contributed by atoms with E-state index in [9.17, 15) is 9.59 Å². The van der Waals surface area contributed by atoms with Crippen LogP contribution in [0.1, 0.15) is 31.8 Å². The highest BCUT2D eigenvalue weighted by molar-refractivity contribution is 5.99. The van der Waals surface area contributed by atoms with Crippen molar-refractivity contribution >= 4 is 11.8 Å². The molecule has 0 aliphatic carbocycles. The van der Waals surface area contributed by atoms with Gasteiger partial charge in [0.25, 0.3) is 0 Å². The van der Waals surface area contributed by atoms with E-state index in [0.29, 0.717) is 16.9 Å². The number of benzene rings is 2. The molecule has 0 saturated heterocycles. The third kappa shape index (κ3) is 3.34. The number of carbonyl (C=O) groups is 2. The molecule has 4 heteroatoms. The monoisotopic (exact) mass is 298 g/mol. The Hall–Kier alpha value is -2.62. The lowest BCUT2D eigenvalue weighted by atomic mass is 9.98. The summed E-state index contributed by atoms with van der Waals surface area (Å²) in [5.74, 6) is -0.0416. The van der Waals surface area contributed by atoms with E-state index in [2.05, 4.69) is 0 Å². The summed E-state index contributed by atoms with van der Waals surface area (Å²) in [4.78, 5) is 24.2. The summed E-state index contributed by atoms with van der Waals surface area (Å²) in [6, 6.07) is 12.5. The summed E-state index contributed by atoms with van der Waals surface area (Å²) < 4.78 is 9.88. The number of esters is 1. The number of Topliss-reactive ketones (excluding diaryl/α,β-unsaturated/α-hetero) is 1. The lowest BCUT2D eigenvalue weighted by molar-refractivity contribution is 0.0596. The highest BCUT2D eigenvalue weighted by Gasteiger charge is 2.15. The molecule has 2 rings (SSSR count). The lowest BCUT2D eigenvalue weighted by Gasteiger charge is -2.09. The Bertz CT molecular complexity index is 704. The maximum absolute atomic E-state index is 12.4. The zero-order valence-corrected chi connectivity index (χ0v) is 12.9. The highest BCUT2D eigenvalue weighted by Crippen LogP contribution is 2.22. The summed E-state index contributed by atoms with van der Waals surface area (Å²) in [7, 11) is 2.80. The van der Waals surface area contributed by atoms with Gasteiger partial charge in [-0.2, -0.15) is 0 Å². The molecule has 0 radical (unpaired) electrons. The van der Waals surface area contributed by atoms with Crippen LogP contribution in [0.4, 0.5) is 0 Å². The van der Waals surface area contributed by atoms with Crippen molar-refractivity contribution in [3.63, 3.8) is 0 Å². The Morgan fingerprint density at radius 1 is 1.00 bits per heavy atom. The van der Waals surface area contributed by atoms with Crippen molar-refractivity contribution in [2.45, 2.75) is 13.3 Å². The van der Waals surface area contributed by atoms with Gasteiger partial charge in [0.1, 0.15) is 11.3 Å². The van der Waals surface area contributed by atoms with Gasteiger partial charge >= 0.3 is 5.97 Å². The average molecular weight is 298 g/mol. The zero-order chi connectivity index (χ0) is 16.1. The molecule has 114 valence electrons. The fraction of sp³-hybridized carbons (Fsp3) is 0.222. The van der Waals surface area contributed by atoms with Crippen molar-refractivity contribution < 1.29 is 19.1 Å². The minimum absolute atomic E-state index is 0.0130. The molecule has 0 amide bonds. The molecule has 0 unspecified atom stereocenters. The van der Waals surface area contributed by atoms with Crippen LogP contribution in [0.25, 0.3) is 0 Å². The number of methoxy groups -OCH3 is 2.